The van der Waals surface area contributed by atoms with E-state index in [1.165, 1.54) is 0 Å². The number of hydrogen-bond donors (Lipinski definition) is 0. The molecule has 3 aromatic rings. The summed E-state index contributed by atoms with van der Waals surface area (Å²) >= 11 is 18.7. The molecule has 3 nitrogen and oxygen atoms in total. The first-order valence-electron chi connectivity index (χ1n) is 6.65. The van der Waals surface area contributed by atoms with Gasteiger partial charge in [-0.05, 0) is 24.6 Å². The van der Waals surface area contributed by atoms with E-state index in [-0.39, 0.29) is 0 Å². The molecule has 21 heavy (non-hydrogen) atoms. The van der Waals surface area contributed by atoms with Crippen molar-refractivity contribution in [2.45, 2.75) is 19.9 Å². The topological polar surface area (TPSA) is 22.8 Å². The van der Waals surface area contributed by atoms with E-state index in [2.05, 4.69) is 9.67 Å². The standard InChI is InChI=1S/C15H14Cl3N3/c1-3-12-15(18)14(20(2)19-12)8-21-5-4-10-11(17)6-9(16)7-13(10)21/h4-7H,3,8H2,1-2H3. The van der Waals surface area contributed by atoms with Crippen molar-refractivity contribution in [1.29, 1.82) is 0 Å². The largest absolute Gasteiger partial charge is 0.341 e. The zero-order chi connectivity index (χ0) is 15.1. The molecule has 0 aliphatic carbocycles. The number of aromatic nitrogens is 3. The molecule has 3 rings (SSSR count). The number of nitrogens with zero attached hydrogens (tertiary/aromatic N) is 3. The van der Waals surface area contributed by atoms with Crippen molar-refractivity contribution in [3.05, 3.63) is 50.9 Å². The van der Waals surface area contributed by atoms with Crippen molar-refractivity contribution in [3.63, 3.8) is 0 Å². The van der Waals surface area contributed by atoms with Crippen LogP contribution in [0, 0.1) is 0 Å². The number of halogens is 3. The molecule has 2 aromatic heterocycles. The minimum absolute atomic E-state index is 0.623. The number of benzene rings is 1. The molecule has 0 saturated carbocycles. The van der Waals surface area contributed by atoms with Gasteiger partial charge in [0, 0.05) is 23.7 Å². The molecule has 0 spiro atoms. The maximum Gasteiger partial charge on any atom is 0.0868 e. The van der Waals surface area contributed by atoms with Crippen LogP contribution in [0.3, 0.4) is 0 Å². The van der Waals surface area contributed by atoms with Crippen molar-refractivity contribution in [1.82, 2.24) is 14.3 Å². The Morgan fingerprint density at radius 3 is 2.62 bits per heavy atom. The third kappa shape index (κ3) is 2.54. The molecule has 0 aliphatic rings. The summed E-state index contributed by atoms with van der Waals surface area (Å²) in [7, 11) is 1.91. The summed E-state index contributed by atoms with van der Waals surface area (Å²) in [5, 5.41) is 7.43. The predicted molar refractivity (Wildman–Crippen MR) is 88.7 cm³/mol. The van der Waals surface area contributed by atoms with Crippen LogP contribution in [0.5, 0.6) is 0 Å². The van der Waals surface area contributed by atoms with E-state index in [0.717, 1.165) is 33.7 Å². The highest BCUT2D eigenvalue weighted by Crippen LogP contribution is 2.30. The second-order valence-corrected chi connectivity index (χ2v) is 6.17. The average Bonchev–Trinajstić information content (AvgIpc) is 2.95. The Morgan fingerprint density at radius 1 is 1.19 bits per heavy atom. The minimum Gasteiger partial charge on any atom is -0.341 e. The molecule has 0 bridgehead atoms. The fourth-order valence-corrected chi connectivity index (χ4v) is 3.41. The smallest absolute Gasteiger partial charge is 0.0868 e. The van der Waals surface area contributed by atoms with Crippen molar-refractivity contribution < 1.29 is 0 Å². The van der Waals surface area contributed by atoms with Crippen LogP contribution in [0.4, 0.5) is 0 Å². The minimum atomic E-state index is 0.623. The molecule has 0 unspecified atom stereocenters. The molecule has 0 atom stereocenters. The van der Waals surface area contributed by atoms with Gasteiger partial charge in [0.15, 0.2) is 0 Å². The predicted octanol–water partition coefficient (Wildman–Crippen LogP) is 4.95. The first kappa shape index (κ1) is 14.8. The maximum absolute atomic E-state index is 6.41. The quantitative estimate of drug-likeness (QED) is 0.660. The van der Waals surface area contributed by atoms with Crippen LogP contribution in [0.25, 0.3) is 10.9 Å². The van der Waals surface area contributed by atoms with Gasteiger partial charge in [0.05, 0.1) is 33.5 Å². The van der Waals surface area contributed by atoms with E-state index in [1.807, 2.05) is 37.0 Å². The monoisotopic (exact) mass is 341 g/mol. The Balaban J connectivity index is 2.09. The highest BCUT2D eigenvalue weighted by molar-refractivity contribution is 6.38. The van der Waals surface area contributed by atoms with Gasteiger partial charge >= 0.3 is 0 Å². The molecular formula is C15H14Cl3N3. The number of rotatable bonds is 3. The fraction of sp³-hybridized carbons (Fsp3) is 0.267. The Hall–Kier alpha value is -1.16. The number of aryl methyl sites for hydroxylation is 2. The number of hydrogen-bond acceptors (Lipinski definition) is 1. The maximum atomic E-state index is 6.41. The lowest BCUT2D eigenvalue weighted by Crippen LogP contribution is -2.05. The van der Waals surface area contributed by atoms with Gasteiger partial charge < -0.3 is 4.57 Å². The van der Waals surface area contributed by atoms with E-state index in [1.54, 1.807) is 6.07 Å². The van der Waals surface area contributed by atoms with Crippen molar-refractivity contribution in [2.24, 2.45) is 7.05 Å². The lowest BCUT2D eigenvalue weighted by atomic mass is 10.2. The molecule has 0 aliphatic heterocycles. The van der Waals surface area contributed by atoms with Crippen LogP contribution >= 0.6 is 34.8 Å². The second-order valence-electron chi connectivity index (χ2n) is 4.95. The summed E-state index contributed by atoms with van der Waals surface area (Å²) in [5.41, 5.74) is 2.88. The van der Waals surface area contributed by atoms with Gasteiger partial charge in [-0.1, -0.05) is 41.7 Å². The van der Waals surface area contributed by atoms with E-state index in [0.29, 0.717) is 16.6 Å². The molecule has 0 amide bonds. The zero-order valence-electron chi connectivity index (χ0n) is 11.7. The molecule has 0 fully saturated rings. The third-order valence-corrected chi connectivity index (χ3v) is 4.59. The summed E-state index contributed by atoms with van der Waals surface area (Å²) in [4.78, 5) is 0. The van der Waals surface area contributed by atoms with E-state index < -0.39 is 0 Å². The molecule has 110 valence electrons. The second kappa shape index (κ2) is 5.56. The third-order valence-electron chi connectivity index (χ3n) is 3.63. The molecule has 2 heterocycles. The lowest BCUT2D eigenvalue weighted by molar-refractivity contribution is 0.670. The van der Waals surface area contributed by atoms with Crippen molar-refractivity contribution in [3.8, 4) is 0 Å². The van der Waals surface area contributed by atoms with Gasteiger partial charge in [0.2, 0.25) is 0 Å². The Labute approximate surface area is 138 Å². The summed E-state index contributed by atoms with van der Waals surface area (Å²) in [6.45, 7) is 2.67. The molecule has 6 heteroatoms. The first-order chi connectivity index (χ1) is 10.0. The van der Waals surface area contributed by atoms with Crippen LogP contribution in [-0.4, -0.2) is 14.3 Å². The van der Waals surface area contributed by atoms with E-state index in [9.17, 15) is 0 Å². The zero-order valence-corrected chi connectivity index (χ0v) is 14.0. The highest BCUT2D eigenvalue weighted by Gasteiger charge is 2.15. The molecule has 0 N–H and O–H groups in total. The fourth-order valence-electron chi connectivity index (χ4n) is 2.51. The van der Waals surface area contributed by atoms with Crippen LogP contribution in [0.1, 0.15) is 18.3 Å². The SMILES string of the molecule is CCc1nn(C)c(Cn2ccc3c(Cl)cc(Cl)cc32)c1Cl. The average molecular weight is 343 g/mol. The van der Waals surface area contributed by atoms with Gasteiger partial charge in [-0.25, -0.2) is 0 Å². The first-order valence-corrected chi connectivity index (χ1v) is 7.78. The Morgan fingerprint density at radius 2 is 1.95 bits per heavy atom. The van der Waals surface area contributed by atoms with Gasteiger partial charge in [0.25, 0.3) is 0 Å². The van der Waals surface area contributed by atoms with Crippen LogP contribution in [-0.2, 0) is 20.0 Å². The number of fused-ring (bicyclic) bond motifs is 1. The molecule has 0 saturated heterocycles. The normalized spacial score (nSPS) is 11.5. The summed E-state index contributed by atoms with van der Waals surface area (Å²) in [6, 6.07) is 5.65. The van der Waals surface area contributed by atoms with Gasteiger partial charge in [-0.2, -0.15) is 5.10 Å². The van der Waals surface area contributed by atoms with Crippen LogP contribution in [0.15, 0.2) is 24.4 Å². The van der Waals surface area contributed by atoms with Crippen molar-refractivity contribution in [2.75, 3.05) is 0 Å². The van der Waals surface area contributed by atoms with Crippen LogP contribution in [0.2, 0.25) is 15.1 Å². The van der Waals surface area contributed by atoms with Gasteiger partial charge in [-0.15, -0.1) is 0 Å². The molecule has 0 radical (unpaired) electrons. The summed E-state index contributed by atoms with van der Waals surface area (Å²) < 4.78 is 3.91. The molecule has 1 aromatic carbocycles. The van der Waals surface area contributed by atoms with Gasteiger partial charge in [0.1, 0.15) is 0 Å². The summed E-state index contributed by atoms with van der Waals surface area (Å²) in [5.74, 6) is 0. The van der Waals surface area contributed by atoms with E-state index >= 15 is 0 Å². The Bertz CT molecular complexity index is 817. The Kier molecular flexibility index (Phi) is 3.91. The highest BCUT2D eigenvalue weighted by atomic mass is 35.5. The summed E-state index contributed by atoms with van der Waals surface area (Å²) in [6.07, 6.45) is 2.80. The van der Waals surface area contributed by atoms with Crippen LogP contribution < -0.4 is 0 Å². The van der Waals surface area contributed by atoms with Gasteiger partial charge in [-0.3, -0.25) is 4.68 Å². The van der Waals surface area contributed by atoms with Crippen molar-refractivity contribution >= 4 is 45.7 Å². The molecular weight excluding hydrogens is 329 g/mol. The van der Waals surface area contributed by atoms with E-state index in [4.69, 9.17) is 34.8 Å². The lowest BCUT2D eigenvalue weighted by Gasteiger charge is -2.07.